The summed E-state index contributed by atoms with van der Waals surface area (Å²) in [7, 11) is 0. The molecule has 0 aliphatic heterocycles. The highest BCUT2D eigenvalue weighted by molar-refractivity contribution is 5.92. The quantitative estimate of drug-likeness (QED) is 0.205. The number of hydrogen-bond acceptors (Lipinski definition) is 4. The number of amides is 3. The molecule has 1 aliphatic rings. The molecule has 1 aliphatic carbocycles. The summed E-state index contributed by atoms with van der Waals surface area (Å²) >= 11 is 0. The summed E-state index contributed by atoms with van der Waals surface area (Å²) in [6, 6.07) is 4.68. The SMILES string of the molecule is CCCCCCCCN(C(=O)C(NC(=O)OC(C)(C)C)C(C)CC)C(C(=O)NC1CCCCC1)c1cc(C)cc(C)c1. The second kappa shape index (κ2) is 17.5. The molecule has 3 atom stereocenters. The van der Waals surface area contributed by atoms with Crippen LogP contribution in [0.25, 0.3) is 0 Å². The van der Waals surface area contributed by atoms with Crippen LogP contribution in [0.2, 0.25) is 0 Å². The Balaban J connectivity index is 2.50. The predicted molar refractivity (Wildman–Crippen MR) is 171 cm³/mol. The summed E-state index contributed by atoms with van der Waals surface area (Å²) in [5.74, 6) is -0.503. The lowest BCUT2D eigenvalue weighted by molar-refractivity contribution is -0.144. The van der Waals surface area contributed by atoms with Gasteiger partial charge in [-0.3, -0.25) is 9.59 Å². The lowest BCUT2D eigenvalue weighted by Crippen LogP contribution is -2.56. The van der Waals surface area contributed by atoms with Gasteiger partial charge in [0.05, 0.1) is 0 Å². The molecule has 0 bridgehead atoms. The van der Waals surface area contributed by atoms with Crippen LogP contribution in [0.1, 0.15) is 141 Å². The number of ether oxygens (including phenoxy) is 1. The molecule has 0 aromatic heterocycles. The van der Waals surface area contributed by atoms with Gasteiger partial charge in [0.25, 0.3) is 0 Å². The summed E-state index contributed by atoms with van der Waals surface area (Å²) in [4.78, 5) is 43.4. The first-order chi connectivity index (χ1) is 19.9. The van der Waals surface area contributed by atoms with Gasteiger partial charge in [0.15, 0.2) is 0 Å². The topological polar surface area (TPSA) is 87.7 Å². The molecular formula is C35H59N3O4. The first kappa shape index (κ1) is 35.6. The third-order valence-corrected chi connectivity index (χ3v) is 8.26. The molecule has 42 heavy (non-hydrogen) atoms. The number of nitrogens with zero attached hydrogens (tertiary/aromatic N) is 1. The fourth-order valence-corrected chi connectivity index (χ4v) is 5.89. The number of aryl methyl sites for hydroxylation is 2. The molecule has 2 N–H and O–H groups in total. The maximum Gasteiger partial charge on any atom is 0.408 e. The molecule has 238 valence electrons. The molecule has 3 unspecified atom stereocenters. The van der Waals surface area contributed by atoms with E-state index in [1.807, 2.05) is 60.6 Å². The maximum atomic E-state index is 14.6. The zero-order valence-corrected chi connectivity index (χ0v) is 27.8. The van der Waals surface area contributed by atoms with Gasteiger partial charge in [-0.25, -0.2) is 4.79 Å². The number of nitrogens with one attached hydrogen (secondary N) is 2. The van der Waals surface area contributed by atoms with E-state index in [0.29, 0.717) is 13.0 Å². The van der Waals surface area contributed by atoms with E-state index < -0.39 is 23.8 Å². The molecule has 0 spiro atoms. The van der Waals surface area contributed by atoms with Gasteiger partial charge < -0.3 is 20.3 Å². The van der Waals surface area contributed by atoms with E-state index in [1.165, 1.54) is 25.7 Å². The number of carbonyl (C=O) groups excluding carboxylic acids is 3. The minimum atomic E-state index is -0.805. The van der Waals surface area contributed by atoms with Crippen LogP contribution in [0.3, 0.4) is 0 Å². The van der Waals surface area contributed by atoms with Gasteiger partial charge >= 0.3 is 6.09 Å². The normalized spacial score (nSPS) is 16.3. The first-order valence-electron chi connectivity index (χ1n) is 16.5. The zero-order valence-electron chi connectivity index (χ0n) is 27.8. The third-order valence-electron chi connectivity index (χ3n) is 8.26. The van der Waals surface area contributed by atoms with Crippen LogP contribution in [0, 0.1) is 19.8 Å². The van der Waals surface area contributed by atoms with Gasteiger partial charge in [-0.15, -0.1) is 0 Å². The van der Waals surface area contributed by atoms with Crippen LogP contribution in [-0.2, 0) is 14.3 Å². The standard InChI is InChI=1S/C35H59N3O4/c1-9-11-12-13-14-18-21-38(33(40)30(27(5)10-2)37-34(41)42-35(6,7)8)31(28-23-25(3)22-26(4)24-28)32(39)36-29-19-16-15-17-20-29/h22-24,27,29-31H,9-21H2,1-8H3,(H,36,39)(H,37,41). The Labute approximate surface area is 255 Å². The lowest BCUT2D eigenvalue weighted by Gasteiger charge is -2.37. The third kappa shape index (κ3) is 12.0. The second-order valence-electron chi connectivity index (χ2n) is 13.5. The number of rotatable bonds is 15. The van der Waals surface area contributed by atoms with E-state index in [2.05, 4.69) is 23.6 Å². The van der Waals surface area contributed by atoms with Crippen molar-refractivity contribution in [2.75, 3.05) is 6.54 Å². The minimum Gasteiger partial charge on any atom is -0.444 e. The predicted octanol–water partition coefficient (Wildman–Crippen LogP) is 7.92. The van der Waals surface area contributed by atoms with Crippen LogP contribution in [0.15, 0.2) is 18.2 Å². The highest BCUT2D eigenvalue weighted by atomic mass is 16.6. The van der Waals surface area contributed by atoms with Crippen molar-refractivity contribution in [3.8, 4) is 0 Å². The van der Waals surface area contributed by atoms with Crippen molar-refractivity contribution in [2.45, 2.75) is 156 Å². The van der Waals surface area contributed by atoms with Gasteiger partial charge in [-0.05, 0) is 65.4 Å². The van der Waals surface area contributed by atoms with Crippen molar-refractivity contribution in [1.82, 2.24) is 15.5 Å². The fraction of sp³-hybridized carbons (Fsp3) is 0.743. The van der Waals surface area contributed by atoms with Gasteiger partial charge in [-0.2, -0.15) is 0 Å². The highest BCUT2D eigenvalue weighted by Gasteiger charge is 2.38. The molecular weight excluding hydrogens is 526 g/mol. The summed E-state index contributed by atoms with van der Waals surface area (Å²) in [5.41, 5.74) is 2.24. The van der Waals surface area contributed by atoms with Crippen LogP contribution in [-0.4, -0.2) is 47.0 Å². The average molecular weight is 586 g/mol. The molecule has 0 saturated heterocycles. The number of alkyl carbamates (subject to hydrolysis) is 1. The van der Waals surface area contributed by atoms with Crippen LogP contribution in [0.5, 0.6) is 0 Å². The molecule has 1 saturated carbocycles. The smallest absolute Gasteiger partial charge is 0.408 e. The Bertz CT molecular complexity index is 976. The van der Waals surface area contributed by atoms with Gasteiger partial charge in [0, 0.05) is 12.6 Å². The molecule has 3 amide bonds. The second-order valence-corrected chi connectivity index (χ2v) is 13.5. The Morgan fingerprint density at radius 3 is 2.10 bits per heavy atom. The Morgan fingerprint density at radius 2 is 1.52 bits per heavy atom. The van der Waals surface area contributed by atoms with Crippen molar-refractivity contribution in [3.05, 3.63) is 34.9 Å². The average Bonchev–Trinajstić information content (AvgIpc) is 2.91. The van der Waals surface area contributed by atoms with Crippen molar-refractivity contribution < 1.29 is 19.1 Å². The van der Waals surface area contributed by atoms with E-state index in [9.17, 15) is 14.4 Å². The minimum absolute atomic E-state index is 0.121. The summed E-state index contributed by atoms with van der Waals surface area (Å²) < 4.78 is 5.55. The van der Waals surface area contributed by atoms with Crippen LogP contribution in [0.4, 0.5) is 4.79 Å². The van der Waals surface area contributed by atoms with Crippen molar-refractivity contribution >= 4 is 17.9 Å². The summed E-state index contributed by atoms with van der Waals surface area (Å²) in [6.07, 6.45) is 11.8. The Morgan fingerprint density at radius 1 is 0.929 bits per heavy atom. The van der Waals surface area contributed by atoms with Gasteiger partial charge in [-0.1, -0.05) is 108 Å². The Kier molecular flexibility index (Phi) is 14.9. The van der Waals surface area contributed by atoms with E-state index in [1.54, 1.807) is 4.90 Å². The van der Waals surface area contributed by atoms with Crippen LogP contribution < -0.4 is 10.6 Å². The summed E-state index contributed by atoms with van der Waals surface area (Å²) in [5, 5.41) is 6.21. The number of benzene rings is 1. The highest BCUT2D eigenvalue weighted by Crippen LogP contribution is 2.28. The Hall–Kier alpha value is -2.57. The van der Waals surface area contributed by atoms with Crippen molar-refractivity contribution in [3.63, 3.8) is 0 Å². The lowest BCUT2D eigenvalue weighted by atomic mass is 9.92. The van der Waals surface area contributed by atoms with E-state index in [0.717, 1.165) is 61.6 Å². The van der Waals surface area contributed by atoms with E-state index >= 15 is 0 Å². The van der Waals surface area contributed by atoms with E-state index in [-0.39, 0.29) is 23.8 Å². The molecule has 7 heteroatoms. The van der Waals surface area contributed by atoms with Crippen molar-refractivity contribution in [1.29, 1.82) is 0 Å². The zero-order chi connectivity index (χ0) is 31.3. The van der Waals surface area contributed by atoms with Crippen molar-refractivity contribution in [2.24, 2.45) is 5.92 Å². The maximum absolute atomic E-state index is 14.6. The number of hydrogen-bond donors (Lipinski definition) is 2. The fourth-order valence-electron chi connectivity index (χ4n) is 5.89. The largest absolute Gasteiger partial charge is 0.444 e. The molecule has 1 fully saturated rings. The molecule has 2 rings (SSSR count). The van der Waals surface area contributed by atoms with Gasteiger partial charge in [0.2, 0.25) is 11.8 Å². The number of carbonyl (C=O) groups is 3. The first-order valence-corrected chi connectivity index (χ1v) is 16.5. The molecule has 1 aromatic carbocycles. The number of unbranched alkanes of at least 4 members (excludes halogenated alkanes) is 5. The van der Waals surface area contributed by atoms with Crippen LogP contribution >= 0.6 is 0 Å². The molecule has 1 aromatic rings. The van der Waals surface area contributed by atoms with E-state index in [4.69, 9.17) is 4.74 Å². The molecule has 0 radical (unpaired) electrons. The monoisotopic (exact) mass is 585 g/mol. The van der Waals surface area contributed by atoms with Gasteiger partial charge in [0.1, 0.15) is 17.7 Å². The molecule has 0 heterocycles. The molecule has 7 nitrogen and oxygen atoms in total. The summed E-state index contributed by atoms with van der Waals surface area (Å²) in [6.45, 7) is 16.1.